The third-order valence-electron chi connectivity index (χ3n) is 8.01. The molecule has 4 aromatic carbocycles. The minimum Gasteiger partial charge on any atom is -0.375 e. The van der Waals surface area contributed by atoms with Crippen LogP contribution in [0, 0.1) is 40.5 Å². The zero-order chi connectivity index (χ0) is 44.1. The Hall–Kier alpha value is -7.01. The number of nitro benzene ring substituents is 4. The van der Waals surface area contributed by atoms with E-state index in [1.165, 1.54) is 13.8 Å². The van der Waals surface area contributed by atoms with Crippen molar-refractivity contribution in [2.75, 3.05) is 47.1 Å². The molecular weight excluding hydrogens is 864 g/mol. The molecule has 0 aliphatic heterocycles. The van der Waals surface area contributed by atoms with Gasteiger partial charge in [-0.2, -0.15) is 0 Å². The highest BCUT2D eigenvalue weighted by Crippen LogP contribution is 2.42. The van der Waals surface area contributed by atoms with E-state index in [1.807, 2.05) is 32.7 Å². The molecule has 0 saturated carbocycles. The van der Waals surface area contributed by atoms with Crippen molar-refractivity contribution in [2.45, 2.75) is 34.6 Å². The van der Waals surface area contributed by atoms with Crippen molar-refractivity contribution in [1.82, 2.24) is 0 Å². The van der Waals surface area contributed by atoms with Gasteiger partial charge in [0.2, 0.25) is 11.8 Å². The van der Waals surface area contributed by atoms with Gasteiger partial charge in [0.05, 0.1) is 52.7 Å². The number of nitrogens with zero attached hydrogens (tertiary/aromatic N) is 10. The maximum absolute atomic E-state index is 11.6. The lowest BCUT2D eigenvalue weighted by Gasteiger charge is -2.22. The first-order valence-corrected chi connectivity index (χ1v) is 18.4. The van der Waals surface area contributed by atoms with Crippen LogP contribution in [0.2, 0.25) is 5.02 Å². The van der Waals surface area contributed by atoms with Gasteiger partial charge in [0, 0.05) is 64.0 Å². The molecule has 4 aromatic rings. The van der Waals surface area contributed by atoms with Gasteiger partial charge >= 0.3 is 11.4 Å². The smallest absolute Gasteiger partial charge is 0.305 e. The van der Waals surface area contributed by atoms with Gasteiger partial charge in [0.25, 0.3) is 11.4 Å². The van der Waals surface area contributed by atoms with Gasteiger partial charge in [-0.3, -0.25) is 50.0 Å². The molecule has 2 N–H and O–H groups in total. The Labute approximate surface area is 348 Å². The molecule has 2 amide bonds. The molecule has 0 aromatic heterocycles. The van der Waals surface area contributed by atoms with Gasteiger partial charge < -0.3 is 20.4 Å². The molecule has 0 atom stereocenters. The number of carbonyl (C=O) groups is 2. The Kier molecular flexibility index (Phi) is 16.5. The predicted octanol–water partition coefficient (Wildman–Crippen LogP) is 10.5. The predicted molar refractivity (Wildman–Crippen MR) is 225 cm³/mol. The van der Waals surface area contributed by atoms with Crippen molar-refractivity contribution in [2.24, 2.45) is 20.5 Å². The van der Waals surface area contributed by atoms with E-state index in [9.17, 15) is 50.0 Å². The number of carbonyl (C=O) groups excluding carboxylic acids is 2. The molecule has 310 valence electrons. The molecule has 59 heavy (non-hydrogen) atoms. The summed E-state index contributed by atoms with van der Waals surface area (Å²) in [6.45, 7) is 10.9. The van der Waals surface area contributed by atoms with E-state index in [-0.39, 0.29) is 44.1 Å². The number of anilines is 4. The van der Waals surface area contributed by atoms with Crippen LogP contribution in [0.4, 0.5) is 68.2 Å². The number of benzene rings is 4. The molecule has 0 aliphatic carbocycles. The lowest BCUT2D eigenvalue weighted by atomic mass is 10.2. The van der Waals surface area contributed by atoms with Crippen molar-refractivity contribution in [1.29, 1.82) is 0 Å². The Morgan fingerprint density at radius 2 is 1.08 bits per heavy atom. The summed E-state index contributed by atoms with van der Waals surface area (Å²) < 4.78 is 0.0491. The lowest BCUT2D eigenvalue weighted by Crippen LogP contribution is -2.21. The highest BCUT2D eigenvalue weighted by atomic mass is 79.9. The highest BCUT2D eigenvalue weighted by molar-refractivity contribution is 9.10. The third-order valence-corrected chi connectivity index (χ3v) is 8.90. The van der Waals surface area contributed by atoms with E-state index < -0.39 is 42.4 Å². The standard InChI is InChI=1S/C18H19BrN6O5.C17H17ClN6O5/c1-4-23(5-2)12-6-7-15(16(9-12)20-11(3)26)21-22-18-14(19)8-13(24(27)28)10-17(18)25(29)30;1-4-22(3)11-5-6-14(15(8-11)19-10(2)25)20-21-17-13(18)7-12(23(26)27)9-16(17)24(28)29/h6-10H,4-5H2,1-3H3,(H,20,26);5-9H,4H2,1-3H3,(H,19,25). The molecule has 0 fully saturated rings. The second kappa shape index (κ2) is 20.9. The van der Waals surface area contributed by atoms with Gasteiger partial charge in [-0.15, -0.1) is 20.5 Å². The Morgan fingerprint density at radius 3 is 1.53 bits per heavy atom. The summed E-state index contributed by atoms with van der Waals surface area (Å²) in [4.78, 5) is 68.5. The fraction of sp³-hybridized carbons (Fsp3) is 0.257. The van der Waals surface area contributed by atoms with Crippen LogP contribution in [0.1, 0.15) is 34.6 Å². The van der Waals surface area contributed by atoms with E-state index in [0.29, 0.717) is 11.4 Å². The van der Waals surface area contributed by atoms with Crippen LogP contribution < -0.4 is 20.4 Å². The van der Waals surface area contributed by atoms with Crippen LogP contribution in [0.25, 0.3) is 0 Å². The third kappa shape index (κ3) is 12.5. The van der Waals surface area contributed by atoms with E-state index in [4.69, 9.17) is 11.6 Å². The first kappa shape index (κ1) is 46.4. The van der Waals surface area contributed by atoms with Crippen molar-refractivity contribution < 1.29 is 29.3 Å². The SMILES string of the molecule is CCN(C)c1ccc(N=Nc2c(Cl)cc([N+](=O)[O-])cc2[N+](=O)[O-])c(NC(C)=O)c1.CCN(CC)c1ccc(N=Nc2c(Br)cc([N+](=O)[O-])cc2[N+](=O)[O-])c(NC(C)=O)c1. The summed E-state index contributed by atoms with van der Waals surface area (Å²) in [7, 11) is 1.87. The quantitative estimate of drug-likeness (QED) is 0.0640. The van der Waals surface area contributed by atoms with Crippen LogP contribution in [-0.4, -0.2) is 58.2 Å². The normalized spacial score (nSPS) is 10.8. The molecule has 0 unspecified atom stereocenters. The molecule has 4 rings (SSSR count). The van der Waals surface area contributed by atoms with Crippen molar-refractivity contribution >= 4 is 108 Å². The summed E-state index contributed by atoms with van der Waals surface area (Å²) in [6, 6.07) is 13.8. The van der Waals surface area contributed by atoms with Crippen LogP contribution in [0.5, 0.6) is 0 Å². The Bertz CT molecular complexity index is 2360. The second-order valence-electron chi connectivity index (χ2n) is 12.0. The average Bonchev–Trinajstić information content (AvgIpc) is 3.17. The molecule has 24 heteroatoms. The Morgan fingerprint density at radius 1 is 0.644 bits per heavy atom. The molecular formula is C35H36BrClN12O10. The van der Waals surface area contributed by atoms with Gasteiger partial charge in [0.1, 0.15) is 11.4 Å². The summed E-state index contributed by atoms with van der Waals surface area (Å²) in [5.41, 5.74) is 0.213. The van der Waals surface area contributed by atoms with Gasteiger partial charge in [-0.1, -0.05) is 11.6 Å². The molecule has 22 nitrogen and oxygen atoms in total. The molecule has 0 heterocycles. The number of amides is 2. The molecule has 0 aliphatic rings. The lowest BCUT2D eigenvalue weighted by molar-refractivity contribution is -0.394. The molecule has 0 spiro atoms. The second-order valence-corrected chi connectivity index (χ2v) is 13.2. The largest absolute Gasteiger partial charge is 0.375 e. The minimum atomic E-state index is -0.832. The number of nitro groups is 4. The van der Waals surface area contributed by atoms with Gasteiger partial charge in [-0.05, 0) is 73.1 Å². The average molecular weight is 900 g/mol. The van der Waals surface area contributed by atoms with Crippen LogP contribution in [0.3, 0.4) is 0 Å². The van der Waals surface area contributed by atoms with Crippen LogP contribution in [0.15, 0.2) is 85.6 Å². The number of nitrogens with one attached hydrogen (secondary N) is 2. The summed E-state index contributed by atoms with van der Waals surface area (Å²) in [5, 5.41) is 65.3. The fourth-order valence-corrected chi connectivity index (χ4v) is 5.81. The number of halogens is 2. The first-order valence-electron chi connectivity index (χ1n) is 17.2. The number of hydrogen-bond donors (Lipinski definition) is 2. The Balaban J connectivity index is 0.000000316. The highest BCUT2D eigenvalue weighted by Gasteiger charge is 2.25. The topological polar surface area (TPSA) is 287 Å². The van der Waals surface area contributed by atoms with Crippen molar-refractivity contribution in [3.63, 3.8) is 0 Å². The maximum Gasteiger partial charge on any atom is 0.305 e. The molecule has 0 saturated heterocycles. The van der Waals surface area contributed by atoms with E-state index in [2.05, 4.69) is 51.9 Å². The van der Waals surface area contributed by atoms with Crippen molar-refractivity contribution in [3.8, 4) is 0 Å². The maximum atomic E-state index is 11.6. The number of azo groups is 2. The summed E-state index contributed by atoms with van der Waals surface area (Å²) >= 11 is 9.04. The van der Waals surface area contributed by atoms with E-state index >= 15 is 0 Å². The summed E-state index contributed by atoms with van der Waals surface area (Å²) in [5.74, 6) is -0.650. The zero-order valence-electron chi connectivity index (χ0n) is 32.2. The fourth-order valence-electron chi connectivity index (χ4n) is 5.04. The van der Waals surface area contributed by atoms with Crippen LogP contribution in [-0.2, 0) is 9.59 Å². The molecule has 0 bridgehead atoms. The zero-order valence-corrected chi connectivity index (χ0v) is 34.5. The summed E-state index contributed by atoms with van der Waals surface area (Å²) in [6.07, 6.45) is 0. The van der Waals surface area contributed by atoms with E-state index in [0.717, 1.165) is 55.3 Å². The minimum absolute atomic E-state index is 0.0491. The first-order chi connectivity index (χ1) is 27.8. The number of hydrogen-bond acceptors (Lipinski definition) is 16. The van der Waals surface area contributed by atoms with E-state index in [1.54, 1.807) is 36.4 Å². The monoisotopic (exact) mass is 898 g/mol. The van der Waals surface area contributed by atoms with Gasteiger partial charge in [0.15, 0.2) is 11.4 Å². The number of non-ortho nitro benzene ring substituents is 2. The number of rotatable bonds is 15. The molecule has 0 radical (unpaired) electrons. The van der Waals surface area contributed by atoms with Crippen molar-refractivity contribution in [3.05, 3.63) is 111 Å². The van der Waals surface area contributed by atoms with Gasteiger partial charge in [-0.25, -0.2) is 0 Å². The van der Waals surface area contributed by atoms with Crippen LogP contribution >= 0.6 is 27.5 Å².